The zero-order valence-electron chi connectivity index (χ0n) is 14.5. The predicted octanol–water partition coefficient (Wildman–Crippen LogP) is 3.69. The zero-order chi connectivity index (χ0) is 16.9. The van der Waals surface area contributed by atoms with Gasteiger partial charge < -0.3 is 9.73 Å². The van der Waals surface area contributed by atoms with Crippen LogP contribution in [0, 0.1) is 11.8 Å². The molecule has 0 unspecified atom stereocenters. The Morgan fingerprint density at radius 2 is 1.79 bits per heavy atom. The van der Waals surface area contributed by atoms with Gasteiger partial charge in [0, 0.05) is 26.2 Å². The molecule has 3 rings (SSSR count). The molecule has 1 amide bonds. The summed E-state index contributed by atoms with van der Waals surface area (Å²) in [4.78, 5) is 14.4. The number of likely N-dealkylation sites (tertiary alicyclic amines) is 1. The summed E-state index contributed by atoms with van der Waals surface area (Å²) < 4.78 is 5.09. The Morgan fingerprint density at radius 1 is 1.12 bits per heavy atom. The van der Waals surface area contributed by atoms with Crippen LogP contribution in [0.4, 0.5) is 0 Å². The number of piperidine rings is 1. The standard InChI is InChI=1S/C20H26N2O2/c1-15-10-16(2)13-22(12-15)14-18-7-5-17(6-8-18)11-21-20(23)19-4-3-9-24-19/h3-9,15-16H,10-14H2,1-2H3,(H,21,23)/t15-,16-/m0/s1. The molecule has 1 aliphatic rings. The summed E-state index contributed by atoms with van der Waals surface area (Å²) in [7, 11) is 0. The molecule has 1 aromatic carbocycles. The monoisotopic (exact) mass is 326 g/mol. The first-order chi connectivity index (χ1) is 11.6. The van der Waals surface area contributed by atoms with Crippen molar-refractivity contribution in [3.8, 4) is 0 Å². The van der Waals surface area contributed by atoms with Crippen LogP contribution in [0.15, 0.2) is 47.1 Å². The van der Waals surface area contributed by atoms with E-state index in [4.69, 9.17) is 4.42 Å². The maximum absolute atomic E-state index is 11.9. The van der Waals surface area contributed by atoms with Gasteiger partial charge in [-0.05, 0) is 41.5 Å². The van der Waals surface area contributed by atoms with Gasteiger partial charge in [0.15, 0.2) is 5.76 Å². The molecule has 4 nitrogen and oxygen atoms in total. The molecule has 1 aliphatic heterocycles. The summed E-state index contributed by atoms with van der Waals surface area (Å²) in [5, 5.41) is 2.87. The lowest BCUT2D eigenvalue weighted by Gasteiger charge is -2.35. The van der Waals surface area contributed by atoms with Crippen molar-refractivity contribution >= 4 is 5.91 Å². The fraction of sp³-hybridized carbons (Fsp3) is 0.450. The molecular formula is C20H26N2O2. The van der Waals surface area contributed by atoms with E-state index in [0.717, 1.165) is 23.9 Å². The molecule has 24 heavy (non-hydrogen) atoms. The van der Waals surface area contributed by atoms with Crippen LogP contribution >= 0.6 is 0 Å². The number of rotatable bonds is 5. The molecule has 0 radical (unpaired) electrons. The average molecular weight is 326 g/mol. The maximum Gasteiger partial charge on any atom is 0.287 e. The molecular weight excluding hydrogens is 300 g/mol. The van der Waals surface area contributed by atoms with Crippen molar-refractivity contribution in [2.75, 3.05) is 13.1 Å². The summed E-state index contributed by atoms with van der Waals surface area (Å²) in [6.07, 6.45) is 2.84. The number of carbonyl (C=O) groups excluding carboxylic acids is 1. The molecule has 128 valence electrons. The number of amides is 1. The fourth-order valence-electron chi connectivity index (χ4n) is 3.62. The van der Waals surface area contributed by atoms with Crippen LogP contribution in [0.1, 0.15) is 41.9 Å². The van der Waals surface area contributed by atoms with Crippen molar-refractivity contribution < 1.29 is 9.21 Å². The van der Waals surface area contributed by atoms with Crippen LogP contribution in [0.5, 0.6) is 0 Å². The van der Waals surface area contributed by atoms with Crippen molar-refractivity contribution in [2.24, 2.45) is 11.8 Å². The van der Waals surface area contributed by atoms with E-state index >= 15 is 0 Å². The molecule has 1 fully saturated rings. The lowest BCUT2D eigenvalue weighted by Crippen LogP contribution is -2.38. The van der Waals surface area contributed by atoms with Gasteiger partial charge in [0.25, 0.3) is 5.91 Å². The third kappa shape index (κ3) is 4.48. The number of nitrogens with one attached hydrogen (secondary N) is 1. The van der Waals surface area contributed by atoms with E-state index < -0.39 is 0 Å². The smallest absolute Gasteiger partial charge is 0.287 e. The summed E-state index contributed by atoms with van der Waals surface area (Å²) in [6, 6.07) is 11.9. The Balaban J connectivity index is 1.51. The van der Waals surface area contributed by atoms with Gasteiger partial charge in [-0.25, -0.2) is 0 Å². The molecule has 0 spiro atoms. The molecule has 2 atom stereocenters. The van der Waals surface area contributed by atoms with Crippen LogP contribution in [-0.2, 0) is 13.1 Å². The number of carbonyl (C=O) groups is 1. The summed E-state index contributed by atoms with van der Waals surface area (Å²) in [5.41, 5.74) is 2.43. The van der Waals surface area contributed by atoms with E-state index in [1.165, 1.54) is 31.3 Å². The molecule has 4 heteroatoms. The molecule has 0 saturated carbocycles. The van der Waals surface area contributed by atoms with Crippen molar-refractivity contribution in [1.29, 1.82) is 0 Å². The highest BCUT2D eigenvalue weighted by atomic mass is 16.3. The molecule has 1 saturated heterocycles. The molecule has 0 aliphatic carbocycles. The average Bonchev–Trinajstić information content (AvgIpc) is 3.07. The first-order valence-corrected chi connectivity index (χ1v) is 8.72. The van der Waals surface area contributed by atoms with E-state index in [-0.39, 0.29) is 5.91 Å². The van der Waals surface area contributed by atoms with E-state index in [2.05, 4.69) is 48.3 Å². The van der Waals surface area contributed by atoms with E-state index in [1.807, 2.05) is 0 Å². The molecule has 1 aromatic heterocycles. The highest BCUT2D eigenvalue weighted by Crippen LogP contribution is 2.22. The van der Waals surface area contributed by atoms with Gasteiger partial charge in [-0.3, -0.25) is 9.69 Å². The molecule has 2 aromatic rings. The Morgan fingerprint density at radius 3 is 2.42 bits per heavy atom. The van der Waals surface area contributed by atoms with Gasteiger partial charge in [-0.1, -0.05) is 38.1 Å². The Labute approximate surface area is 143 Å². The van der Waals surface area contributed by atoms with Crippen molar-refractivity contribution in [2.45, 2.75) is 33.4 Å². The first kappa shape index (κ1) is 16.8. The summed E-state index contributed by atoms with van der Waals surface area (Å²) >= 11 is 0. The van der Waals surface area contributed by atoms with Crippen LogP contribution in [-0.4, -0.2) is 23.9 Å². The van der Waals surface area contributed by atoms with Crippen LogP contribution < -0.4 is 5.32 Å². The van der Waals surface area contributed by atoms with Gasteiger partial charge in [-0.2, -0.15) is 0 Å². The maximum atomic E-state index is 11.9. The number of hydrogen-bond donors (Lipinski definition) is 1. The van der Waals surface area contributed by atoms with Gasteiger partial charge in [-0.15, -0.1) is 0 Å². The second kappa shape index (κ2) is 7.67. The van der Waals surface area contributed by atoms with Gasteiger partial charge in [0.1, 0.15) is 0 Å². The van der Waals surface area contributed by atoms with Gasteiger partial charge in [0.05, 0.1) is 6.26 Å². The molecule has 0 bridgehead atoms. The summed E-state index contributed by atoms with van der Waals surface area (Å²) in [6.45, 7) is 8.57. The number of nitrogens with zero attached hydrogens (tertiary/aromatic N) is 1. The Bertz CT molecular complexity index is 639. The minimum atomic E-state index is -0.180. The minimum Gasteiger partial charge on any atom is -0.459 e. The second-order valence-corrected chi connectivity index (χ2v) is 7.12. The minimum absolute atomic E-state index is 0.180. The number of benzene rings is 1. The lowest BCUT2D eigenvalue weighted by molar-refractivity contribution is 0.0923. The molecule has 2 heterocycles. The Kier molecular flexibility index (Phi) is 5.36. The zero-order valence-corrected chi connectivity index (χ0v) is 14.5. The van der Waals surface area contributed by atoms with E-state index in [0.29, 0.717) is 12.3 Å². The van der Waals surface area contributed by atoms with Crippen molar-refractivity contribution in [1.82, 2.24) is 10.2 Å². The van der Waals surface area contributed by atoms with Crippen molar-refractivity contribution in [3.05, 3.63) is 59.5 Å². The number of furan rings is 1. The van der Waals surface area contributed by atoms with Crippen LogP contribution in [0.3, 0.4) is 0 Å². The highest BCUT2D eigenvalue weighted by Gasteiger charge is 2.21. The van der Waals surface area contributed by atoms with E-state index in [1.54, 1.807) is 12.1 Å². The largest absolute Gasteiger partial charge is 0.459 e. The Hall–Kier alpha value is -2.07. The van der Waals surface area contributed by atoms with Crippen LogP contribution in [0.2, 0.25) is 0 Å². The van der Waals surface area contributed by atoms with Crippen LogP contribution in [0.25, 0.3) is 0 Å². The predicted molar refractivity (Wildman–Crippen MR) is 94.5 cm³/mol. The third-order valence-electron chi connectivity index (χ3n) is 4.57. The topological polar surface area (TPSA) is 45.5 Å². The van der Waals surface area contributed by atoms with Gasteiger partial charge in [0.2, 0.25) is 0 Å². The van der Waals surface area contributed by atoms with E-state index in [9.17, 15) is 4.79 Å². The fourth-order valence-corrected chi connectivity index (χ4v) is 3.62. The lowest BCUT2D eigenvalue weighted by atomic mass is 9.91. The highest BCUT2D eigenvalue weighted by molar-refractivity contribution is 5.91. The SMILES string of the molecule is C[C@H]1C[C@H](C)CN(Cc2ccc(CNC(=O)c3ccco3)cc2)C1. The summed E-state index contributed by atoms with van der Waals surface area (Å²) in [5.74, 6) is 1.73. The third-order valence-corrected chi connectivity index (χ3v) is 4.57. The normalized spacial score (nSPS) is 21.6. The number of hydrogen-bond acceptors (Lipinski definition) is 3. The second-order valence-electron chi connectivity index (χ2n) is 7.12. The first-order valence-electron chi connectivity index (χ1n) is 8.72. The van der Waals surface area contributed by atoms with Gasteiger partial charge >= 0.3 is 0 Å². The quantitative estimate of drug-likeness (QED) is 0.911. The molecule has 1 N–H and O–H groups in total. The van der Waals surface area contributed by atoms with Crippen molar-refractivity contribution in [3.63, 3.8) is 0 Å².